The molecule has 1 aliphatic rings. The van der Waals surface area contributed by atoms with E-state index in [1.807, 2.05) is 0 Å². The second-order valence-electron chi connectivity index (χ2n) is 6.79. The van der Waals surface area contributed by atoms with E-state index in [9.17, 15) is 0 Å². The van der Waals surface area contributed by atoms with Crippen LogP contribution in [0.25, 0.3) is 0 Å². The van der Waals surface area contributed by atoms with E-state index in [0.717, 1.165) is 25.0 Å². The van der Waals surface area contributed by atoms with Gasteiger partial charge in [-0.3, -0.25) is 4.90 Å². The van der Waals surface area contributed by atoms with Crippen molar-refractivity contribution in [2.45, 2.75) is 51.7 Å². The van der Waals surface area contributed by atoms with Crippen LogP contribution in [0.3, 0.4) is 0 Å². The Balaban J connectivity index is 1.73. The first-order valence-electron chi connectivity index (χ1n) is 8.63. The molecule has 116 valence electrons. The maximum Gasteiger partial charge on any atom is 0.0240 e. The van der Waals surface area contributed by atoms with Crippen molar-refractivity contribution in [1.82, 2.24) is 4.90 Å². The smallest absolute Gasteiger partial charge is 0.0240 e. The lowest BCUT2D eigenvalue weighted by atomic mass is 9.86. The van der Waals surface area contributed by atoms with Gasteiger partial charge in [-0.15, -0.1) is 0 Å². The maximum absolute atomic E-state index is 2.69. The van der Waals surface area contributed by atoms with Crippen molar-refractivity contribution < 1.29 is 0 Å². The van der Waals surface area contributed by atoms with E-state index >= 15 is 0 Å². The molecule has 0 amide bonds. The van der Waals surface area contributed by atoms with Gasteiger partial charge in [-0.1, -0.05) is 67.6 Å². The highest BCUT2D eigenvalue weighted by Gasteiger charge is 2.24. The summed E-state index contributed by atoms with van der Waals surface area (Å²) in [5, 5.41) is 0. The molecule has 1 heteroatoms. The Morgan fingerprint density at radius 2 is 1.18 bits per heavy atom. The Morgan fingerprint density at radius 3 is 1.64 bits per heavy atom. The summed E-state index contributed by atoms with van der Waals surface area (Å²) in [5.74, 6) is 0.909. The standard InChI is InChI=1S/C21H27N/c1-18-12-14-21(15-13-18)22(16-19-8-4-2-5-9-19)17-20-10-6-3-7-11-20/h2-11,18,21H,12-17H2,1H3/t18-,21-. The average molecular weight is 293 g/mol. The second kappa shape index (κ2) is 7.60. The molecule has 2 aromatic rings. The maximum atomic E-state index is 2.69. The molecule has 0 saturated heterocycles. The van der Waals surface area contributed by atoms with Crippen LogP contribution in [-0.2, 0) is 13.1 Å². The van der Waals surface area contributed by atoms with Gasteiger partial charge in [0.15, 0.2) is 0 Å². The average Bonchev–Trinajstić information content (AvgIpc) is 2.57. The van der Waals surface area contributed by atoms with Gasteiger partial charge >= 0.3 is 0 Å². The molecule has 1 nitrogen and oxygen atoms in total. The lowest BCUT2D eigenvalue weighted by Crippen LogP contribution is -2.37. The predicted molar refractivity (Wildman–Crippen MR) is 93.6 cm³/mol. The van der Waals surface area contributed by atoms with Crippen LogP contribution in [0.4, 0.5) is 0 Å². The van der Waals surface area contributed by atoms with Crippen molar-refractivity contribution >= 4 is 0 Å². The monoisotopic (exact) mass is 293 g/mol. The van der Waals surface area contributed by atoms with E-state index in [-0.39, 0.29) is 0 Å². The predicted octanol–water partition coefficient (Wildman–Crippen LogP) is 5.27. The van der Waals surface area contributed by atoms with Crippen molar-refractivity contribution in [2.24, 2.45) is 5.92 Å². The van der Waals surface area contributed by atoms with Crippen LogP contribution >= 0.6 is 0 Å². The summed E-state index contributed by atoms with van der Waals surface area (Å²) in [6, 6.07) is 22.6. The zero-order valence-electron chi connectivity index (χ0n) is 13.6. The van der Waals surface area contributed by atoms with Crippen LogP contribution < -0.4 is 0 Å². The van der Waals surface area contributed by atoms with Gasteiger partial charge in [0.25, 0.3) is 0 Å². The molecule has 0 aliphatic heterocycles. The zero-order valence-corrected chi connectivity index (χ0v) is 13.6. The fourth-order valence-electron chi connectivity index (χ4n) is 3.56. The van der Waals surface area contributed by atoms with E-state index in [0.29, 0.717) is 0 Å². The van der Waals surface area contributed by atoms with Gasteiger partial charge in [-0.2, -0.15) is 0 Å². The lowest BCUT2D eigenvalue weighted by Gasteiger charge is -2.36. The second-order valence-corrected chi connectivity index (χ2v) is 6.79. The Bertz CT molecular complexity index is 499. The number of rotatable bonds is 5. The number of hydrogen-bond acceptors (Lipinski definition) is 1. The molecule has 2 aromatic carbocycles. The van der Waals surface area contributed by atoms with Gasteiger partial charge in [0.05, 0.1) is 0 Å². The van der Waals surface area contributed by atoms with Gasteiger partial charge in [0.1, 0.15) is 0 Å². The third kappa shape index (κ3) is 4.20. The normalized spacial score (nSPS) is 21.9. The number of nitrogens with zero attached hydrogens (tertiary/aromatic N) is 1. The fraction of sp³-hybridized carbons (Fsp3) is 0.429. The summed E-state index contributed by atoms with van der Waals surface area (Å²) in [6.45, 7) is 4.53. The first-order valence-corrected chi connectivity index (χ1v) is 8.63. The molecule has 1 saturated carbocycles. The lowest BCUT2D eigenvalue weighted by molar-refractivity contribution is 0.125. The molecule has 0 N–H and O–H groups in total. The Morgan fingerprint density at radius 1 is 0.727 bits per heavy atom. The third-order valence-electron chi connectivity index (χ3n) is 4.96. The summed E-state index contributed by atoms with van der Waals surface area (Å²) in [6.07, 6.45) is 5.46. The number of benzene rings is 2. The van der Waals surface area contributed by atoms with Gasteiger partial charge in [0, 0.05) is 19.1 Å². The summed E-state index contributed by atoms with van der Waals surface area (Å²) < 4.78 is 0. The molecule has 0 bridgehead atoms. The molecule has 0 unspecified atom stereocenters. The molecular formula is C21H27N. The van der Waals surface area contributed by atoms with Gasteiger partial charge < -0.3 is 0 Å². The van der Waals surface area contributed by atoms with E-state index in [1.54, 1.807) is 0 Å². The van der Waals surface area contributed by atoms with Gasteiger partial charge in [-0.05, 0) is 42.7 Å². The zero-order chi connectivity index (χ0) is 15.2. The molecule has 0 atom stereocenters. The van der Waals surface area contributed by atoms with E-state index in [4.69, 9.17) is 0 Å². The molecule has 0 spiro atoms. The van der Waals surface area contributed by atoms with Crippen molar-refractivity contribution in [3.63, 3.8) is 0 Å². The molecule has 0 aromatic heterocycles. The van der Waals surface area contributed by atoms with E-state index in [1.165, 1.54) is 36.8 Å². The molecule has 22 heavy (non-hydrogen) atoms. The summed E-state index contributed by atoms with van der Waals surface area (Å²) in [5.41, 5.74) is 2.86. The van der Waals surface area contributed by atoms with Crippen LogP contribution in [0.15, 0.2) is 60.7 Å². The minimum Gasteiger partial charge on any atom is -0.292 e. The largest absolute Gasteiger partial charge is 0.292 e. The van der Waals surface area contributed by atoms with Crippen molar-refractivity contribution in [3.8, 4) is 0 Å². The summed E-state index contributed by atoms with van der Waals surface area (Å²) >= 11 is 0. The van der Waals surface area contributed by atoms with Crippen molar-refractivity contribution in [3.05, 3.63) is 71.8 Å². The SMILES string of the molecule is C[C@H]1CC[C@H](N(Cc2ccccc2)Cc2ccccc2)CC1. The highest BCUT2D eigenvalue weighted by atomic mass is 15.2. The van der Waals surface area contributed by atoms with E-state index in [2.05, 4.69) is 72.5 Å². The molecule has 1 aliphatic carbocycles. The minimum atomic E-state index is 0.733. The summed E-state index contributed by atoms with van der Waals surface area (Å²) in [7, 11) is 0. The Hall–Kier alpha value is -1.60. The first-order chi connectivity index (χ1) is 10.8. The van der Waals surface area contributed by atoms with E-state index < -0.39 is 0 Å². The highest BCUT2D eigenvalue weighted by Crippen LogP contribution is 2.29. The van der Waals surface area contributed by atoms with Crippen LogP contribution in [0.1, 0.15) is 43.7 Å². The highest BCUT2D eigenvalue weighted by molar-refractivity contribution is 5.17. The Kier molecular flexibility index (Phi) is 5.29. The van der Waals surface area contributed by atoms with Crippen LogP contribution in [-0.4, -0.2) is 10.9 Å². The van der Waals surface area contributed by atoms with Gasteiger partial charge in [-0.25, -0.2) is 0 Å². The molecule has 3 rings (SSSR count). The van der Waals surface area contributed by atoms with Crippen molar-refractivity contribution in [1.29, 1.82) is 0 Å². The van der Waals surface area contributed by atoms with Crippen LogP contribution in [0.5, 0.6) is 0 Å². The quantitative estimate of drug-likeness (QED) is 0.726. The molecule has 0 heterocycles. The molecule has 1 fully saturated rings. The topological polar surface area (TPSA) is 3.24 Å². The number of hydrogen-bond donors (Lipinski definition) is 0. The minimum absolute atomic E-state index is 0.733. The first kappa shape index (κ1) is 15.3. The van der Waals surface area contributed by atoms with Crippen LogP contribution in [0, 0.1) is 5.92 Å². The Labute approximate surface area is 135 Å². The molecule has 0 radical (unpaired) electrons. The summed E-state index contributed by atoms with van der Waals surface area (Å²) in [4.78, 5) is 2.69. The van der Waals surface area contributed by atoms with Crippen LogP contribution in [0.2, 0.25) is 0 Å². The van der Waals surface area contributed by atoms with Gasteiger partial charge in [0.2, 0.25) is 0 Å². The molecular weight excluding hydrogens is 266 g/mol. The van der Waals surface area contributed by atoms with Crippen molar-refractivity contribution in [2.75, 3.05) is 0 Å². The fourth-order valence-corrected chi connectivity index (χ4v) is 3.56. The third-order valence-corrected chi connectivity index (χ3v) is 4.96.